The molecular weight excluding hydrogens is 267 g/mol. The van der Waals surface area contributed by atoms with Crippen molar-refractivity contribution in [2.75, 3.05) is 13.1 Å². The van der Waals surface area contributed by atoms with Gasteiger partial charge >= 0.3 is 6.18 Å². The standard InChI is InChI=1S/C15H18F3NO/c1-2-7-14(8-9-19-10-14)13(20)11-5-3-4-6-12(11)15(16,17)18/h3-6,19H,2,7-10H2,1H3. The van der Waals surface area contributed by atoms with Crippen LogP contribution in [0.1, 0.15) is 42.1 Å². The van der Waals surface area contributed by atoms with E-state index in [1.807, 2.05) is 6.92 Å². The van der Waals surface area contributed by atoms with Crippen molar-refractivity contribution in [1.29, 1.82) is 0 Å². The molecule has 1 N–H and O–H groups in total. The molecule has 0 saturated carbocycles. The molecule has 0 aliphatic carbocycles. The van der Waals surface area contributed by atoms with E-state index in [4.69, 9.17) is 0 Å². The van der Waals surface area contributed by atoms with E-state index in [1.54, 1.807) is 0 Å². The van der Waals surface area contributed by atoms with Crippen LogP contribution in [-0.2, 0) is 6.18 Å². The fourth-order valence-corrected chi connectivity index (χ4v) is 2.96. The number of Topliss-reactive ketones (excluding diaryl/α,β-unsaturated/α-hetero) is 1. The second kappa shape index (κ2) is 5.56. The van der Waals surface area contributed by atoms with Crippen molar-refractivity contribution in [1.82, 2.24) is 5.32 Å². The van der Waals surface area contributed by atoms with Crippen molar-refractivity contribution >= 4 is 5.78 Å². The Labute approximate surface area is 116 Å². The molecule has 0 radical (unpaired) electrons. The topological polar surface area (TPSA) is 29.1 Å². The van der Waals surface area contributed by atoms with Gasteiger partial charge in [0.25, 0.3) is 0 Å². The van der Waals surface area contributed by atoms with E-state index in [-0.39, 0.29) is 11.3 Å². The van der Waals surface area contributed by atoms with Crippen LogP contribution >= 0.6 is 0 Å². The van der Waals surface area contributed by atoms with E-state index >= 15 is 0 Å². The van der Waals surface area contributed by atoms with Gasteiger partial charge in [0.1, 0.15) is 0 Å². The summed E-state index contributed by atoms with van der Waals surface area (Å²) >= 11 is 0. The highest BCUT2D eigenvalue weighted by Crippen LogP contribution is 2.39. The first-order valence-electron chi connectivity index (χ1n) is 6.82. The zero-order valence-electron chi connectivity index (χ0n) is 11.4. The Morgan fingerprint density at radius 2 is 2.05 bits per heavy atom. The van der Waals surface area contributed by atoms with E-state index in [0.29, 0.717) is 25.9 Å². The van der Waals surface area contributed by atoms with Gasteiger partial charge in [-0.1, -0.05) is 31.5 Å². The SMILES string of the molecule is CCCC1(C(=O)c2ccccc2C(F)(F)F)CCNC1. The molecule has 110 valence electrons. The number of halogens is 3. The highest BCUT2D eigenvalue weighted by Gasteiger charge is 2.44. The normalized spacial score (nSPS) is 23.0. The van der Waals surface area contributed by atoms with Crippen LogP contribution in [0, 0.1) is 5.41 Å². The van der Waals surface area contributed by atoms with E-state index in [2.05, 4.69) is 5.32 Å². The van der Waals surface area contributed by atoms with Crippen LogP contribution < -0.4 is 5.32 Å². The summed E-state index contributed by atoms with van der Waals surface area (Å²) in [4.78, 5) is 12.7. The van der Waals surface area contributed by atoms with Gasteiger partial charge in [-0.15, -0.1) is 0 Å². The number of hydrogen-bond acceptors (Lipinski definition) is 2. The van der Waals surface area contributed by atoms with Gasteiger partial charge < -0.3 is 5.32 Å². The predicted molar refractivity (Wildman–Crippen MR) is 70.6 cm³/mol. The van der Waals surface area contributed by atoms with Crippen LogP contribution in [-0.4, -0.2) is 18.9 Å². The molecule has 1 aromatic rings. The molecule has 2 nitrogen and oxygen atoms in total. The molecule has 1 heterocycles. The molecule has 5 heteroatoms. The first-order valence-corrected chi connectivity index (χ1v) is 6.82. The van der Waals surface area contributed by atoms with Gasteiger partial charge in [-0.2, -0.15) is 13.2 Å². The van der Waals surface area contributed by atoms with Crippen molar-refractivity contribution in [2.45, 2.75) is 32.4 Å². The van der Waals surface area contributed by atoms with Crippen LogP contribution in [0.4, 0.5) is 13.2 Å². The summed E-state index contributed by atoms with van der Waals surface area (Å²) in [5.41, 5.74) is -1.71. The maximum absolute atomic E-state index is 13.0. The molecular formula is C15H18F3NO. The number of carbonyl (C=O) groups excluding carboxylic acids is 1. The highest BCUT2D eigenvalue weighted by molar-refractivity contribution is 6.02. The molecule has 1 saturated heterocycles. The Hall–Kier alpha value is -1.36. The lowest BCUT2D eigenvalue weighted by atomic mass is 9.75. The first kappa shape index (κ1) is 15.0. The Bertz CT molecular complexity index is 490. The van der Waals surface area contributed by atoms with Gasteiger partial charge in [0, 0.05) is 17.5 Å². The van der Waals surface area contributed by atoms with Crippen molar-refractivity contribution in [3.05, 3.63) is 35.4 Å². The lowest BCUT2D eigenvalue weighted by molar-refractivity contribution is -0.138. The Kier molecular flexibility index (Phi) is 4.18. The third-order valence-electron chi connectivity index (χ3n) is 3.93. The molecule has 20 heavy (non-hydrogen) atoms. The van der Waals surface area contributed by atoms with Crippen LogP contribution in [0.25, 0.3) is 0 Å². The molecule has 0 amide bonds. The Morgan fingerprint density at radius 3 is 2.60 bits per heavy atom. The van der Waals surface area contributed by atoms with Crippen molar-refractivity contribution in [3.63, 3.8) is 0 Å². The molecule has 0 bridgehead atoms. The van der Waals surface area contributed by atoms with E-state index < -0.39 is 17.2 Å². The summed E-state index contributed by atoms with van der Waals surface area (Å²) in [6.07, 6.45) is -2.50. The van der Waals surface area contributed by atoms with Crippen LogP contribution in [0.3, 0.4) is 0 Å². The predicted octanol–water partition coefficient (Wildman–Crippen LogP) is 3.67. The highest BCUT2D eigenvalue weighted by atomic mass is 19.4. The molecule has 2 rings (SSSR count). The second-order valence-corrected chi connectivity index (χ2v) is 5.33. The number of ketones is 1. The minimum Gasteiger partial charge on any atom is -0.316 e. The quantitative estimate of drug-likeness (QED) is 0.855. The summed E-state index contributed by atoms with van der Waals surface area (Å²) in [5, 5.41) is 3.10. The summed E-state index contributed by atoms with van der Waals surface area (Å²) < 4.78 is 39.1. The third-order valence-corrected chi connectivity index (χ3v) is 3.93. The Morgan fingerprint density at radius 1 is 1.35 bits per heavy atom. The van der Waals surface area contributed by atoms with E-state index in [0.717, 1.165) is 12.5 Å². The summed E-state index contributed by atoms with van der Waals surface area (Å²) in [6, 6.07) is 5.08. The molecule has 1 aliphatic rings. The van der Waals surface area contributed by atoms with Crippen molar-refractivity contribution in [2.24, 2.45) is 5.41 Å². The summed E-state index contributed by atoms with van der Waals surface area (Å²) in [7, 11) is 0. The van der Waals surface area contributed by atoms with Gasteiger partial charge in [0.2, 0.25) is 0 Å². The number of hydrogen-bond donors (Lipinski definition) is 1. The molecule has 0 spiro atoms. The minimum atomic E-state index is -4.49. The largest absolute Gasteiger partial charge is 0.417 e. The van der Waals surface area contributed by atoms with Gasteiger partial charge in [-0.3, -0.25) is 4.79 Å². The molecule has 1 unspecified atom stereocenters. The van der Waals surface area contributed by atoms with E-state index in [9.17, 15) is 18.0 Å². The Balaban J connectivity index is 2.43. The fourth-order valence-electron chi connectivity index (χ4n) is 2.96. The van der Waals surface area contributed by atoms with Gasteiger partial charge in [0.15, 0.2) is 5.78 Å². The maximum Gasteiger partial charge on any atom is 0.417 e. The number of rotatable bonds is 4. The fraction of sp³-hybridized carbons (Fsp3) is 0.533. The van der Waals surface area contributed by atoms with Crippen LogP contribution in [0.5, 0.6) is 0 Å². The zero-order valence-corrected chi connectivity index (χ0v) is 11.4. The number of nitrogens with one attached hydrogen (secondary N) is 1. The number of alkyl halides is 3. The number of carbonyl (C=O) groups is 1. The summed E-state index contributed by atoms with van der Waals surface area (Å²) in [5.74, 6) is -0.378. The van der Waals surface area contributed by atoms with Crippen molar-refractivity contribution in [3.8, 4) is 0 Å². The maximum atomic E-state index is 13.0. The average molecular weight is 285 g/mol. The summed E-state index contributed by atoms with van der Waals surface area (Å²) in [6.45, 7) is 3.09. The van der Waals surface area contributed by atoms with Gasteiger partial charge in [-0.05, 0) is 25.5 Å². The third kappa shape index (κ3) is 2.73. The first-order chi connectivity index (χ1) is 9.41. The smallest absolute Gasteiger partial charge is 0.316 e. The van der Waals surface area contributed by atoms with Crippen molar-refractivity contribution < 1.29 is 18.0 Å². The lowest BCUT2D eigenvalue weighted by Gasteiger charge is -2.27. The molecule has 1 aromatic carbocycles. The van der Waals surface area contributed by atoms with Gasteiger partial charge in [0.05, 0.1) is 5.56 Å². The van der Waals surface area contributed by atoms with Crippen LogP contribution in [0.2, 0.25) is 0 Å². The molecule has 0 aromatic heterocycles. The minimum absolute atomic E-state index is 0.197. The average Bonchev–Trinajstić information content (AvgIpc) is 2.87. The zero-order chi connectivity index (χ0) is 14.8. The van der Waals surface area contributed by atoms with Crippen LogP contribution in [0.15, 0.2) is 24.3 Å². The lowest BCUT2D eigenvalue weighted by Crippen LogP contribution is -2.34. The second-order valence-electron chi connectivity index (χ2n) is 5.33. The van der Waals surface area contributed by atoms with E-state index in [1.165, 1.54) is 18.2 Å². The molecule has 1 atom stereocenters. The van der Waals surface area contributed by atoms with Gasteiger partial charge in [-0.25, -0.2) is 0 Å². The molecule has 1 aliphatic heterocycles. The monoisotopic (exact) mass is 285 g/mol. The molecule has 1 fully saturated rings. The number of benzene rings is 1.